The molecule has 0 aromatic heterocycles. The molecule has 0 unspecified atom stereocenters. The summed E-state index contributed by atoms with van der Waals surface area (Å²) in [7, 11) is 3.07. The molecule has 0 saturated carbocycles. The molecule has 0 atom stereocenters. The van der Waals surface area contributed by atoms with Crippen LogP contribution in [0.3, 0.4) is 0 Å². The van der Waals surface area contributed by atoms with Crippen molar-refractivity contribution in [2.24, 2.45) is 5.10 Å². The number of rotatable bonds is 2. The minimum absolute atomic E-state index is 0.210. The smallest absolute Gasteiger partial charge is 0.321 e. The van der Waals surface area contributed by atoms with Crippen molar-refractivity contribution in [1.82, 2.24) is 9.80 Å². The van der Waals surface area contributed by atoms with Gasteiger partial charge in [0.2, 0.25) is 0 Å². The fourth-order valence-corrected chi connectivity index (χ4v) is 1.62. The summed E-state index contributed by atoms with van der Waals surface area (Å²) in [6.45, 7) is 0.210. The van der Waals surface area contributed by atoms with Gasteiger partial charge in [-0.15, -0.1) is 0 Å². The summed E-state index contributed by atoms with van der Waals surface area (Å²) in [5.41, 5.74) is 3.90. The summed E-state index contributed by atoms with van der Waals surface area (Å²) < 4.78 is 0. The summed E-state index contributed by atoms with van der Waals surface area (Å²) in [4.78, 5) is 25.8. The van der Waals surface area contributed by atoms with Crippen molar-refractivity contribution in [1.29, 1.82) is 0 Å². The van der Waals surface area contributed by atoms with Gasteiger partial charge in [0.25, 0.3) is 5.91 Å². The van der Waals surface area contributed by atoms with Gasteiger partial charge in [-0.05, 0) is 12.1 Å². The average Bonchev–Trinajstić information content (AvgIpc) is 2.40. The van der Waals surface area contributed by atoms with Gasteiger partial charge in [-0.3, -0.25) is 15.1 Å². The average molecular weight is 246 g/mol. The molecular formula is C12H14N4O2. The summed E-state index contributed by atoms with van der Waals surface area (Å²) >= 11 is 0. The van der Waals surface area contributed by atoms with E-state index in [1.807, 2.05) is 30.3 Å². The summed E-state index contributed by atoms with van der Waals surface area (Å²) in [5.74, 6) is -0.374. The third-order valence-electron chi connectivity index (χ3n) is 2.65. The van der Waals surface area contributed by atoms with Crippen molar-refractivity contribution in [3.63, 3.8) is 0 Å². The maximum atomic E-state index is 11.8. The van der Waals surface area contributed by atoms with Crippen molar-refractivity contribution >= 4 is 23.3 Å². The number of imide groups is 1. The van der Waals surface area contributed by atoms with Crippen LogP contribution in [0.5, 0.6) is 0 Å². The normalized spacial score (nSPS) is 18.4. The Morgan fingerprint density at radius 1 is 1.17 bits per heavy atom. The second-order valence-corrected chi connectivity index (χ2v) is 4.04. The van der Waals surface area contributed by atoms with Crippen LogP contribution in [0.2, 0.25) is 0 Å². The van der Waals surface area contributed by atoms with Crippen molar-refractivity contribution in [2.75, 3.05) is 26.1 Å². The lowest BCUT2D eigenvalue weighted by atomic mass is 10.2. The second kappa shape index (κ2) is 4.87. The number of nitrogens with zero attached hydrogens (tertiary/aromatic N) is 3. The molecule has 0 radical (unpaired) electrons. The molecule has 1 aliphatic rings. The topological polar surface area (TPSA) is 65.0 Å². The molecular weight excluding hydrogens is 232 g/mol. The number of hydrazone groups is 1. The number of carbonyl (C=O) groups excluding carboxylic acids is 2. The molecule has 1 fully saturated rings. The predicted molar refractivity (Wildman–Crippen MR) is 68.3 cm³/mol. The van der Waals surface area contributed by atoms with E-state index in [-0.39, 0.29) is 18.5 Å². The van der Waals surface area contributed by atoms with E-state index in [2.05, 4.69) is 10.5 Å². The van der Waals surface area contributed by atoms with Crippen molar-refractivity contribution < 1.29 is 9.59 Å². The fraction of sp³-hybridized carbons (Fsp3) is 0.250. The van der Waals surface area contributed by atoms with Gasteiger partial charge in [-0.1, -0.05) is 18.2 Å². The first-order valence-corrected chi connectivity index (χ1v) is 5.50. The van der Waals surface area contributed by atoms with Gasteiger partial charge in [-0.25, -0.2) is 4.79 Å². The van der Waals surface area contributed by atoms with Crippen LogP contribution in [0.25, 0.3) is 0 Å². The van der Waals surface area contributed by atoms with Crippen LogP contribution in [-0.4, -0.2) is 48.1 Å². The Kier molecular flexibility index (Phi) is 3.27. The molecule has 1 N–H and O–H groups in total. The van der Waals surface area contributed by atoms with Crippen LogP contribution in [-0.2, 0) is 4.79 Å². The first kappa shape index (κ1) is 12.1. The van der Waals surface area contributed by atoms with Gasteiger partial charge in [0.1, 0.15) is 5.71 Å². The number of nitrogens with one attached hydrogen (secondary N) is 1. The Morgan fingerprint density at radius 3 is 2.50 bits per heavy atom. The van der Waals surface area contributed by atoms with E-state index in [1.165, 1.54) is 11.9 Å². The van der Waals surface area contributed by atoms with Gasteiger partial charge < -0.3 is 4.90 Å². The third-order valence-corrected chi connectivity index (χ3v) is 2.65. The van der Waals surface area contributed by atoms with E-state index in [1.54, 1.807) is 7.05 Å². The lowest BCUT2D eigenvalue weighted by Crippen LogP contribution is -2.54. The SMILES string of the molecule is CN1C/C(=N\Nc2ccccc2)C(=O)N(C)C1=O. The van der Waals surface area contributed by atoms with Gasteiger partial charge in [0, 0.05) is 14.1 Å². The van der Waals surface area contributed by atoms with Crippen LogP contribution >= 0.6 is 0 Å². The molecule has 1 aromatic carbocycles. The molecule has 18 heavy (non-hydrogen) atoms. The molecule has 6 nitrogen and oxygen atoms in total. The highest BCUT2D eigenvalue weighted by Gasteiger charge is 2.31. The molecule has 1 saturated heterocycles. The molecule has 1 aliphatic heterocycles. The van der Waals surface area contributed by atoms with E-state index < -0.39 is 0 Å². The lowest BCUT2D eigenvalue weighted by Gasteiger charge is -2.29. The van der Waals surface area contributed by atoms with Crippen molar-refractivity contribution in [3.8, 4) is 0 Å². The van der Waals surface area contributed by atoms with E-state index in [9.17, 15) is 9.59 Å². The Morgan fingerprint density at radius 2 is 1.83 bits per heavy atom. The minimum atomic E-state index is -0.374. The highest BCUT2D eigenvalue weighted by Crippen LogP contribution is 2.08. The molecule has 1 heterocycles. The zero-order valence-corrected chi connectivity index (χ0v) is 10.3. The molecule has 0 spiro atoms. The van der Waals surface area contributed by atoms with Gasteiger partial charge >= 0.3 is 6.03 Å². The zero-order chi connectivity index (χ0) is 13.1. The number of urea groups is 1. The van der Waals surface area contributed by atoms with Crippen LogP contribution < -0.4 is 5.43 Å². The fourth-order valence-electron chi connectivity index (χ4n) is 1.62. The number of amides is 3. The molecule has 2 rings (SSSR count). The number of para-hydroxylation sites is 1. The Bertz CT molecular complexity index is 498. The first-order chi connectivity index (χ1) is 8.59. The molecule has 0 aliphatic carbocycles. The Hall–Kier alpha value is -2.37. The maximum absolute atomic E-state index is 11.8. The Labute approximate surface area is 105 Å². The largest absolute Gasteiger partial charge is 0.326 e. The number of carbonyl (C=O) groups is 2. The summed E-state index contributed by atoms with van der Waals surface area (Å²) in [6, 6.07) is 8.99. The highest BCUT2D eigenvalue weighted by molar-refractivity contribution is 6.43. The van der Waals surface area contributed by atoms with Gasteiger partial charge in [0.05, 0.1) is 12.2 Å². The Balaban J connectivity index is 2.13. The standard InChI is InChI=1S/C12H14N4O2/c1-15-8-10(11(17)16(2)12(15)18)14-13-9-6-4-3-5-7-9/h3-7,13H,8H2,1-2H3/b14-10+. The van der Waals surface area contributed by atoms with Crippen LogP contribution in [0.4, 0.5) is 10.5 Å². The maximum Gasteiger partial charge on any atom is 0.326 e. The number of hydrogen-bond donors (Lipinski definition) is 1. The van der Waals surface area contributed by atoms with E-state index in [4.69, 9.17) is 0 Å². The number of benzene rings is 1. The van der Waals surface area contributed by atoms with E-state index in [0.717, 1.165) is 10.6 Å². The van der Waals surface area contributed by atoms with Crippen molar-refractivity contribution in [3.05, 3.63) is 30.3 Å². The molecule has 1 aromatic rings. The summed E-state index contributed by atoms with van der Waals surface area (Å²) in [5, 5.41) is 4.05. The number of anilines is 1. The quantitative estimate of drug-likeness (QED) is 0.791. The minimum Gasteiger partial charge on any atom is -0.321 e. The van der Waals surface area contributed by atoms with Crippen molar-refractivity contribution in [2.45, 2.75) is 0 Å². The number of hydrogen-bond acceptors (Lipinski definition) is 4. The predicted octanol–water partition coefficient (Wildman–Crippen LogP) is 0.978. The van der Waals surface area contributed by atoms with E-state index >= 15 is 0 Å². The van der Waals surface area contributed by atoms with E-state index in [0.29, 0.717) is 5.71 Å². The zero-order valence-electron chi connectivity index (χ0n) is 10.3. The lowest BCUT2D eigenvalue weighted by molar-refractivity contribution is -0.121. The van der Waals surface area contributed by atoms with Crippen LogP contribution in [0.1, 0.15) is 0 Å². The molecule has 6 heteroatoms. The van der Waals surface area contributed by atoms with Gasteiger partial charge in [0.15, 0.2) is 0 Å². The van der Waals surface area contributed by atoms with Crippen LogP contribution in [0.15, 0.2) is 35.4 Å². The molecule has 94 valence electrons. The second-order valence-electron chi connectivity index (χ2n) is 4.04. The first-order valence-electron chi connectivity index (χ1n) is 5.50. The molecule has 3 amide bonds. The molecule has 0 bridgehead atoms. The van der Waals surface area contributed by atoms with Gasteiger partial charge in [-0.2, -0.15) is 5.10 Å². The monoisotopic (exact) mass is 246 g/mol. The van der Waals surface area contributed by atoms with Crippen LogP contribution in [0, 0.1) is 0 Å². The summed E-state index contributed by atoms with van der Waals surface area (Å²) in [6.07, 6.45) is 0. The highest BCUT2D eigenvalue weighted by atomic mass is 16.2. The third kappa shape index (κ3) is 2.32.